The van der Waals surface area contributed by atoms with E-state index in [2.05, 4.69) is 16.9 Å². The number of nitrogens with zero attached hydrogens (tertiary/aromatic N) is 2. The van der Waals surface area contributed by atoms with Gasteiger partial charge < -0.3 is 14.2 Å². The van der Waals surface area contributed by atoms with Gasteiger partial charge in [-0.3, -0.25) is 4.79 Å². The molecule has 1 heterocycles. The number of ether oxygens (including phenoxy) is 3. The second-order valence-corrected chi connectivity index (χ2v) is 7.51. The van der Waals surface area contributed by atoms with Crippen LogP contribution in [-0.2, 0) is 9.53 Å². The van der Waals surface area contributed by atoms with Gasteiger partial charge in [0.2, 0.25) is 0 Å². The minimum Gasteiger partial charge on any atom is -0.464 e. The Hall–Kier alpha value is -2.47. The van der Waals surface area contributed by atoms with E-state index in [1.807, 2.05) is 44.2 Å². The maximum atomic E-state index is 12.1. The maximum Gasteiger partial charge on any atom is 0.325 e. The number of carbonyl (C=O) groups excluding carboxylic acids is 1. The molecule has 2 aromatic rings. The van der Waals surface area contributed by atoms with E-state index in [4.69, 9.17) is 14.2 Å². The summed E-state index contributed by atoms with van der Waals surface area (Å²) < 4.78 is 16.7. The molecule has 0 aliphatic carbocycles. The van der Waals surface area contributed by atoms with Crippen LogP contribution >= 0.6 is 0 Å². The van der Waals surface area contributed by atoms with Gasteiger partial charge in [0.25, 0.3) is 0 Å². The van der Waals surface area contributed by atoms with Gasteiger partial charge in [0.05, 0.1) is 12.8 Å². The fourth-order valence-electron chi connectivity index (χ4n) is 2.86. The molecular weight excluding hydrogens is 380 g/mol. The molecule has 0 aliphatic heterocycles. The zero-order valence-electron chi connectivity index (χ0n) is 18.4. The van der Waals surface area contributed by atoms with Crippen molar-refractivity contribution < 1.29 is 19.0 Å². The summed E-state index contributed by atoms with van der Waals surface area (Å²) in [7, 11) is 0. The smallest absolute Gasteiger partial charge is 0.325 e. The average molecular weight is 415 g/mol. The van der Waals surface area contributed by atoms with Gasteiger partial charge >= 0.3 is 12.0 Å². The van der Waals surface area contributed by atoms with Gasteiger partial charge in [-0.25, -0.2) is 0 Å². The van der Waals surface area contributed by atoms with Crippen LogP contribution in [0.1, 0.15) is 65.7 Å². The Kier molecular flexibility index (Phi) is 10.9. The van der Waals surface area contributed by atoms with Crippen molar-refractivity contribution in [1.82, 2.24) is 9.97 Å². The van der Waals surface area contributed by atoms with E-state index in [-0.39, 0.29) is 24.7 Å². The molecular formula is C24H34N2O4. The Bertz CT molecular complexity index is 752. The standard InChI is InChI=1S/C24H34N2O4/c1-4-6-7-8-12-15-28-18-29-21-17-25-24(30-22(27)16-19(3)5-2)26-23(21)20-13-10-9-11-14-20/h9-11,13-14,17,19H,4-8,12,15-16,18H2,1-3H3. The first-order valence-electron chi connectivity index (χ1n) is 11.0. The lowest BCUT2D eigenvalue weighted by Crippen LogP contribution is -2.14. The molecule has 1 atom stereocenters. The molecule has 1 unspecified atom stereocenters. The Balaban J connectivity index is 1.98. The molecule has 2 rings (SSSR count). The predicted molar refractivity (Wildman–Crippen MR) is 117 cm³/mol. The van der Waals surface area contributed by atoms with Crippen molar-refractivity contribution in [1.29, 1.82) is 0 Å². The Morgan fingerprint density at radius 1 is 1.07 bits per heavy atom. The van der Waals surface area contributed by atoms with Gasteiger partial charge in [-0.15, -0.1) is 0 Å². The Labute approximate surface area is 180 Å². The summed E-state index contributed by atoms with van der Waals surface area (Å²) in [5.74, 6) is 0.421. The van der Waals surface area contributed by atoms with E-state index in [0.717, 1.165) is 18.4 Å². The van der Waals surface area contributed by atoms with Crippen LogP contribution in [0.5, 0.6) is 11.8 Å². The topological polar surface area (TPSA) is 70.5 Å². The number of hydrogen-bond donors (Lipinski definition) is 0. The second-order valence-electron chi connectivity index (χ2n) is 7.51. The number of benzene rings is 1. The summed E-state index contributed by atoms with van der Waals surface area (Å²) in [5, 5.41) is 0. The van der Waals surface area contributed by atoms with Gasteiger partial charge in [0.1, 0.15) is 5.69 Å². The third kappa shape index (κ3) is 8.49. The van der Waals surface area contributed by atoms with Crippen LogP contribution in [0.4, 0.5) is 0 Å². The van der Waals surface area contributed by atoms with Crippen LogP contribution in [-0.4, -0.2) is 29.3 Å². The van der Waals surface area contributed by atoms with Gasteiger partial charge in [-0.1, -0.05) is 83.2 Å². The minimum absolute atomic E-state index is 0.0337. The van der Waals surface area contributed by atoms with Crippen LogP contribution in [0.15, 0.2) is 36.5 Å². The molecule has 0 saturated carbocycles. The third-order valence-electron chi connectivity index (χ3n) is 4.89. The first-order valence-corrected chi connectivity index (χ1v) is 11.0. The summed E-state index contributed by atoms with van der Waals surface area (Å²) >= 11 is 0. The highest BCUT2D eigenvalue weighted by molar-refractivity contribution is 5.72. The summed E-state index contributed by atoms with van der Waals surface area (Å²) in [4.78, 5) is 20.7. The lowest BCUT2D eigenvalue weighted by Gasteiger charge is -2.12. The minimum atomic E-state index is -0.330. The first-order chi connectivity index (χ1) is 14.6. The molecule has 0 spiro atoms. The SMILES string of the molecule is CCCCCCCOCOc1cnc(OC(=O)CC(C)CC)nc1-c1ccccc1. The van der Waals surface area contributed by atoms with Crippen LogP contribution in [0.3, 0.4) is 0 Å². The highest BCUT2D eigenvalue weighted by atomic mass is 16.7. The average Bonchev–Trinajstić information content (AvgIpc) is 2.76. The lowest BCUT2D eigenvalue weighted by atomic mass is 10.1. The highest BCUT2D eigenvalue weighted by Crippen LogP contribution is 2.29. The van der Waals surface area contributed by atoms with Crippen molar-refractivity contribution in [2.45, 2.75) is 65.7 Å². The molecule has 6 nitrogen and oxygen atoms in total. The molecule has 0 saturated heterocycles. The molecule has 1 aromatic carbocycles. The summed E-state index contributed by atoms with van der Waals surface area (Å²) in [6.45, 7) is 7.05. The molecule has 0 N–H and O–H groups in total. The molecule has 0 bridgehead atoms. The quantitative estimate of drug-likeness (QED) is 0.221. The number of unbranched alkanes of at least 4 members (excludes halogenated alkanes) is 4. The molecule has 1 aromatic heterocycles. The van der Waals surface area contributed by atoms with Gasteiger partial charge in [-0.05, 0) is 12.3 Å². The van der Waals surface area contributed by atoms with E-state index in [0.29, 0.717) is 24.5 Å². The van der Waals surface area contributed by atoms with Crippen LogP contribution < -0.4 is 9.47 Å². The Morgan fingerprint density at radius 3 is 2.57 bits per heavy atom. The van der Waals surface area contributed by atoms with E-state index in [1.54, 1.807) is 0 Å². The highest BCUT2D eigenvalue weighted by Gasteiger charge is 2.15. The van der Waals surface area contributed by atoms with Crippen LogP contribution in [0.2, 0.25) is 0 Å². The molecule has 30 heavy (non-hydrogen) atoms. The summed E-state index contributed by atoms with van der Waals surface area (Å²) in [6.07, 6.45) is 8.72. The normalized spacial score (nSPS) is 11.8. The fraction of sp³-hybridized carbons (Fsp3) is 0.542. The van der Waals surface area contributed by atoms with Crippen molar-refractivity contribution in [2.24, 2.45) is 5.92 Å². The summed E-state index contributed by atoms with van der Waals surface area (Å²) in [5.41, 5.74) is 1.43. The Morgan fingerprint density at radius 2 is 1.83 bits per heavy atom. The molecule has 164 valence electrons. The van der Waals surface area contributed by atoms with Crippen LogP contribution in [0.25, 0.3) is 11.3 Å². The third-order valence-corrected chi connectivity index (χ3v) is 4.89. The van der Waals surface area contributed by atoms with E-state index >= 15 is 0 Å². The lowest BCUT2D eigenvalue weighted by molar-refractivity contribution is -0.135. The van der Waals surface area contributed by atoms with Gasteiger partial charge in [0, 0.05) is 12.0 Å². The van der Waals surface area contributed by atoms with Crippen molar-refractivity contribution in [2.75, 3.05) is 13.4 Å². The fourth-order valence-corrected chi connectivity index (χ4v) is 2.86. The number of rotatable bonds is 14. The van der Waals surface area contributed by atoms with Crippen molar-refractivity contribution >= 4 is 5.97 Å². The number of hydrogen-bond acceptors (Lipinski definition) is 6. The second kappa shape index (κ2) is 13.7. The zero-order valence-corrected chi connectivity index (χ0v) is 18.4. The van der Waals surface area contributed by atoms with E-state index in [9.17, 15) is 4.79 Å². The van der Waals surface area contributed by atoms with Gasteiger partial charge in [-0.2, -0.15) is 9.97 Å². The number of esters is 1. The number of aromatic nitrogens is 2. The first kappa shape index (κ1) is 23.8. The predicted octanol–water partition coefficient (Wildman–Crippen LogP) is 5.81. The molecule has 0 amide bonds. The molecule has 0 fully saturated rings. The van der Waals surface area contributed by atoms with E-state index in [1.165, 1.54) is 31.9 Å². The molecule has 0 radical (unpaired) electrons. The van der Waals surface area contributed by atoms with Crippen molar-refractivity contribution in [3.05, 3.63) is 36.5 Å². The monoisotopic (exact) mass is 414 g/mol. The largest absolute Gasteiger partial charge is 0.464 e. The molecule has 6 heteroatoms. The zero-order chi connectivity index (χ0) is 21.6. The number of carbonyl (C=O) groups is 1. The summed E-state index contributed by atoms with van der Waals surface area (Å²) in [6, 6.07) is 9.65. The maximum absolute atomic E-state index is 12.1. The van der Waals surface area contributed by atoms with E-state index < -0.39 is 0 Å². The van der Waals surface area contributed by atoms with Crippen molar-refractivity contribution in [3.63, 3.8) is 0 Å². The molecule has 0 aliphatic rings. The van der Waals surface area contributed by atoms with Gasteiger partial charge in [0.15, 0.2) is 12.5 Å². The van der Waals surface area contributed by atoms with Crippen molar-refractivity contribution in [3.8, 4) is 23.0 Å². The van der Waals surface area contributed by atoms with Crippen LogP contribution in [0, 0.1) is 5.92 Å².